The third-order valence-corrected chi connectivity index (χ3v) is 3.40. The van der Waals surface area contributed by atoms with E-state index >= 15 is 0 Å². The van der Waals surface area contributed by atoms with Crippen molar-refractivity contribution in [3.8, 4) is 0 Å². The molecular formula is C15H13Cl2F2N. The molecule has 0 aromatic heterocycles. The zero-order chi connectivity index (χ0) is 14.7. The fourth-order valence-corrected chi connectivity index (χ4v) is 2.58. The first-order chi connectivity index (χ1) is 9.47. The Morgan fingerprint density at radius 1 is 1.05 bits per heavy atom. The van der Waals surface area contributed by atoms with Gasteiger partial charge in [0.05, 0.1) is 0 Å². The number of halogens is 4. The number of nitrogens with one attached hydrogen (secondary N) is 1. The summed E-state index contributed by atoms with van der Waals surface area (Å²) in [5.41, 5.74) is 0.881. The first-order valence-electron chi connectivity index (χ1n) is 6.09. The predicted molar refractivity (Wildman–Crippen MR) is 78.1 cm³/mol. The largest absolute Gasteiger partial charge is 0.306 e. The van der Waals surface area contributed by atoms with E-state index in [4.69, 9.17) is 23.2 Å². The second kappa shape index (κ2) is 6.53. The highest BCUT2D eigenvalue weighted by Gasteiger charge is 2.15. The van der Waals surface area contributed by atoms with Gasteiger partial charge in [-0.1, -0.05) is 29.3 Å². The van der Waals surface area contributed by atoms with Gasteiger partial charge < -0.3 is 5.32 Å². The van der Waals surface area contributed by atoms with E-state index in [0.717, 1.165) is 5.56 Å². The Bertz CT molecular complexity index is 576. The molecule has 20 heavy (non-hydrogen) atoms. The second-order valence-electron chi connectivity index (χ2n) is 4.52. The van der Waals surface area contributed by atoms with Crippen molar-refractivity contribution >= 4 is 23.2 Å². The van der Waals surface area contributed by atoms with Crippen LogP contribution in [0.2, 0.25) is 10.0 Å². The van der Waals surface area contributed by atoms with Crippen LogP contribution >= 0.6 is 23.2 Å². The average Bonchev–Trinajstić information content (AvgIpc) is 2.35. The lowest BCUT2D eigenvalue weighted by Crippen LogP contribution is -2.20. The van der Waals surface area contributed by atoms with E-state index in [1.807, 2.05) is 0 Å². The first kappa shape index (κ1) is 15.2. The maximum absolute atomic E-state index is 13.6. The lowest BCUT2D eigenvalue weighted by Gasteiger charge is -2.16. The van der Waals surface area contributed by atoms with E-state index in [1.54, 1.807) is 25.1 Å². The molecule has 5 heteroatoms. The van der Waals surface area contributed by atoms with Gasteiger partial charge in [-0.15, -0.1) is 0 Å². The summed E-state index contributed by atoms with van der Waals surface area (Å²) in [7, 11) is 0. The molecule has 0 aliphatic heterocycles. The molecular weight excluding hydrogens is 303 g/mol. The molecule has 0 amide bonds. The van der Waals surface area contributed by atoms with Gasteiger partial charge in [0.1, 0.15) is 11.6 Å². The van der Waals surface area contributed by atoms with Gasteiger partial charge >= 0.3 is 0 Å². The SMILES string of the molecule is CC(NCc1cc(Cl)cc(Cl)c1)c1c(F)cccc1F. The average molecular weight is 316 g/mol. The third-order valence-electron chi connectivity index (χ3n) is 2.97. The molecule has 0 saturated heterocycles. The minimum absolute atomic E-state index is 0.0284. The summed E-state index contributed by atoms with van der Waals surface area (Å²) in [6.07, 6.45) is 0. The minimum Gasteiger partial charge on any atom is -0.306 e. The summed E-state index contributed by atoms with van der Waals surface area (Å²) < 4.78 is 27.3. The first-order valence-corrected chi connectivity index (χ1v) is 6.85. The zero-order valence-corrected chi connectivity index (χ0v) is 12.3. The standard InChI is InChI=1S/C15H13Cl2F2N/c1-9(15-13(18)3-2-4-14(15)19)20-8-10-5-11(16)7-12(17)6-10/h2-7,9,20H,8H2,1H3. The highest BCUT2D eigenvalue weighted by Crippen LogP contribution is 2.22. The van der Waals surface area contributed by atoms with E-state index in [0.29, 0.717) is 16.6 Å². The van der Waals surface area contributed by atoms with Gasteiger partial charge in [0.2, 0.25) is 0 Å². The molecule has 0 aliphatic rings. The van der Waals surface area contributed by atoms with Crippen molar-refractivity contribution in [2.45, 2.75) is 19.5 Å². The molecule has 0 spiro atoms. The monoisotopic (exact) mass is 315 g/mol. The summed E-state index contributed by atoms with van der Waals surface area (Å²) in [6, 6.07) is 8.51. The molecule has 1 nitrogen and oxygen atoms in total. The van der Waals surface area contributed by atoms with Crippen molar-refractivity contribution in [2.75, 3.05) is 0 Å². The van der Waals surface area contributed by atoms with E-state index < -0.39 is 17.7 Å². The molecule has 106 valence electrons. The van der Waals surface area contributed by atoms with Gasteiger partial charge in [0.25, 0.3) is 0 Å². The number of hydrogen-bond donors (Lipinski definition) is 1. The summed E-state index contributed by atoms with van der Waals surface area (Å²) in [6.45, 7) is 2.11. The molecule has 0 aliphatic carbocycles. The molecule has 1 N–H and O–H groups in total. The molecule has 0 heterocycles. The van der Waals surface area contributed by atoms with Crippen molar-refractivity contribution < 1.29 is 8.78 Å². The van der Waals surface area contributed by atoms with Crippen LogP contribution < -0.4 is 5.32 Å². The number of benzene rings is 2. The Morgan fingerprint density at radius 3 is 2.15 bits per heavy atom. The quantitative estimate of drug-likeness (QED) is 0.825. The van der Waals surface area contributed by atoms with Gasteiger partial charge in [0.15, 0.2) is 0 Å². The van der Waals surface area contributed by atoms with E-state index in [2.05, 4.69) is 5.32 Å². The van der Waals surface area contributed by atoms with Crippen LogP contribution in [0.5, 0.6) is 0 Å². The van der Waals surface area contributed by atoms with Crippen LogP contribution in [0.4, 0.5) is 8.78 Å². The Kier molecular flexibility index (Phi) is 4.97. The summed E-state index contributed by atoms with van der Waals surface area (Å²) >= 11 is 11.8. The van der Waals surface area contributed by atoms with Crippen LogP contribution in [0.3, 0.4) is 0 Å². The van der Waals surface area contributed by atoms with Gasteiger partial charge in [-0.2, -0.15) is 0 Å². The Labute approximate surface area is 126 Å². The molecule has 0 radical (unpaired) electrons. The Morgan fingerprint density at radius 2 is 1.60 bits per heavy atom. The van der Waals surface area contributed by atoms with Crippen LogP contribution in [0.25, 0.3) is 0 Å². The maximum atomic E-state index is 13.6. The van der Waals surface area contributed by atoms with Gasteiger partial charge in [0, 0.05) is 28.2 Å². The lowest BCUT2D eigenvalue weighted by molar-refractivity contribution is 0.487. The van der Waals surface area contributed by atoms with Crippen molar-refractivity contribution in [2.24, 2.45) is 0 Å². The smallest absolute Gasteiger partial charge is 0.130 e. The van der Waals surface area contributed by atoms with Crippen molar-refractivity contribution in [1.29, 1.82) is 0 Å². The zero-order valence-electron chi connectivity index (χ0n) is 10.8. The van der Waals surface area contributed by atoms with Crippen molar-refractivity contribution in [3.05, 3.63) is 69.2 Å². The highest BCUT2D eigenvalue weighted by atomic mass is 35.5. The van der Waals surface area contributed by atoms with Crippen molar-refractivity contribution in [3.63, 3.8) is 0 Å². The van der Waals surface area contributed by atoms with Crippen LogP contribution in [-0.2, 0) is 6.54 Å². The normalized spacial score (nSPS) is 12.4. The van der Waals surface area contributed by atoms with Gasteiger partial charge in [-0.05, 0) is 42.8 Å². The van der Waals surface area contributed by atoms with Crippen LogP contribution in [-0.4, -0.2) is 0 Å². The molecule has 0 saturated carbocycles. The minimum atomic E-state index is -0.561. The van der Waals surface area contributed by atoms with Crippen LogP contribution in [0.1, 0.15) is 24.1 Å². The Hall–Kier alpha value is -1.16. The highest BCUT2D eigenvalue weighted by molar-refractivity contribution is 6.34. The number of hydrogen-bond acceptors (Lipinski definition) is 1. The molecule has 1 unspecified atom stereocenters. The fourth-order valence-electron chi connectivity index (χ4n) is 2.01. The second-order valence-corrected chi connectivity index (χ2v) is 5.39. The summed E-state index contributed by atoms with van der Waals surface area (Å²) in [5, 5.41) is 4.11. The fraction of sp³-hybridized carbons (Fsp3) is 0.200. The molecule has 2 rings (SSSR count). The summed E-state index contributed by atoms with van der Waals surface area (Å²) in [5.74, 6) is -1.12. The van der Waals surface area contributed by atoms with E-state index in [-0.39, 0.29) is 5.56 Å². The molecule has 1 atom stereocenters. The van der Waals surface area contributed by atoms with Crippen molar-refractivity contribution in [1.82, 2.24) is 5.32 Å². The number of rotatable bonds is 4. The molecule has 0 bridgehead atoms. The van der Waals surface area contributed by atoms with Gasteiger partial charge in [-0.25, -0.2) is 8.78 Å². The molecule has 2 aromatic carbocycles. The third kappa shape index (κ3) is 3.69. The predicted octanol–water partition coefficient (Wildman–Crippen LogP) is 5.12. The van der Waals surface area contributed by atoms with E-state index in [9.17, 15) is 8.78 Å². The molecule has 2 aromatic rings. The molecule has 0 fully saturated rings. The van der Waals surface area contributed by atoms with Gasteiger partial charge in [-0.3, -0.25) is 0 Å². The summed E-state index contributed by atoms with van der Waals surface area (Å²) in [4.78, 5) is 0. The maximum Gasteiger partial charge on any atom is 0.130 e. The lowest BCUT2D eigenvalue weighted by atomic mass is 10.1. The topological polar surface area (TPSA) is 12.0 Å². The van der Waals surface area contributed by atoms with E-state index in [1.165, 1.54) is 18.2 Å². The van der Waals surface area contributed by atoms with Crippen LogP contribution in [0.15, 0.2) is 36.4 Å². The van der Waals surface area contributed by atoms with Crippen LogP contribution in [0, 0.1) is 11.6 Å². The Balaban J connectivity index is 2.10.